The van der Waals surface area contributed by atoms with Crippen molar-refractivity contribution >= 4 is 13.0 Å². The van der Waals surface area contributed by atoms with Crippen LogP contribution in [0.15, 0.2) is 30.3 Å². The van der Waals surface area contributed by atoms with E-state index in [-0.39, 0.29) is 30.7 Å². The molecule has 30 heavy (non-hydrogen) atoms. The number of nitrogens with two attached hydrogens (primary N) is 1. The summed E-state index contributed by atoms with van der Waals surface area (Å²) in [6.45, 7) is 11.4. The van der Waals surface area contributed by atoms with Crippen LogP contribution in [0.3, 0.4) is 0 Å². The number of hydrogen-bond donors (Lipinski definition) is 2. The van der Waals surface area contributed by atoms with E-state index in [0.717, 1.165) is 24.3 Å². The van der Waals surface area contributed by atoms with Gasteiger partial charge in [-0.2, -0.15) is 0 Å². The molecule has 0 aromatic heterocycles. The summed E-state index contributed by atoms with van der Waals surface area (Å²) in [6, 6.07) is 9.56. The summed E-state index contributed by atoms with van der Waals surface area (Å²) in [5, 5.41) is 3.53. The molecule has 4 aliphatic rings. The second-order valence-electron chi connectivity index (χ2n) is 10.9. The molecule has 1 aromatic rings. The van der Waals surface area contributed by atoms with E-state index >= 15 is 0 Å². The lowest BCUT2D eigenvalue weighted by atomic mass is 9.43. The molecule has 164 valence electrons. The van der Waals surface area contributed by atoms with Crippen molar-refractivity contribution in [2.45, 2.75) is 84.0 Å². The quantitative estimate of drug-likeness (QED) is 0.643. The number of amides is 1. The van der Waals surface area contributed by atoms with Crippen molar-refractivity contribution in [1.82, 2.24) is 5.32 Å². The average molecular weight is 412 g/mol. The molecule has 1 aromatic carbocycles. The van der Waals surface area contributed by atoms with Crippen LogP contribution in [0.1, 0.15) is 59.4 Å². The zero-order chi connectivity index (χ0) is 21.7. The Labute approximate surface area is 181 Å². The fourth-order valence-electron chi connectivity index (χ4n) is 6.19. The Hall–Kier alpha value is -1.37. The molecule has 5 nitrogen and oxygen atoms in total. The van der Waals surface area contributed by atoms with Crippen LogP contribution in [-0.4, -0.2) is 36.7 Å². The molecule has 2 bridgehead atoms. The lowest BCUT2D eigenvalue weighted by molar-refractivity contribution is -0.199. The Bertz CT molecular complexity index is 771. The molecule has 2 unspecified atom stereocenters. The standard InChI is InChI=1S/C24H37BN2O3/c1-15(2)11-21(27-18(22(26)28)12-16-9-7-6-8-10-16)25-29-20-14-17-13-19(23(17,3)4)24(20,5)30-25/h6-10,15,17-21,27H,11-14H2,1-5H3,(H2,26,28)/t17?,18?,19-,20-,21+,24-/m0/s1. The highest BCUT2D eigenvalue weighted by molar-refractivity contribution is 6.47. The number of rotatable bonds is 8. The van der Waals surface area contributed by atoms with Crippen molar-refractivity contribution in [1.29, 1.82) is 0 Å². The van der Waals surface area contributed by atoms with Gasteiger partial charge in [0.05, 0.1) is 17.7 Å². The first-order chi connectivity index (χ1) is 14.1. The lowest BCUT2D eigenvalue weighted by Gasteiger charge is -2.64. The highest BCUT2D eigenvalue weighted by Gasteiger charge is 2.68. The van der Waals surface area contributed by atoms with E-state index in [1.165, 1.54) is 6.42 Å². The van der Waals surface area contributed by atoms with Crippen LogP contribution in [0.2, 0.25) is 0 Å². The molecule has 1 amide bonds. The Kier molecular flexibility index (Phi) is 5.80. The molecule has 1 aliphatic heterocycles. The van der Waals surface area contributed by atoms with Gasteiger partial charge in [-0.3, -0.25) is 4.79 Å². The molecular weight excluding hydrogens is 375 g/mol. The summed E-state index contributed by atoms with van der Waals surface area (Å²) in [7, 11) is -0.352. The van der Waals surface area contributed by atoms with Crippen molar-refractivity contribution in [2.24, 2.45) is 28.9 Å². The van der Waals surface area contributed by atoms with Gasteiger partial charge in [0.15, 0.2) is 0 Å². The van der Waals surface area contributed by atoms with Crippen LogP contribution in [0.5, 0.6) is 0 Å². The number of carbonyl (C=O) groups excluding carboxylic acids is 1. The van der Waals surface area contributed by atoms with Crippen molar-refractivity contribution in [3.8, 4) is 0 Å². The van der Waals surface area contributed by atoms with Gasteiger partial charge in [-0.05, 0) is 61.3 Å². The van der Waals surface area contributed by atoms with Crippen LogP contribution in [0.4, 0.5) is 0 Å². The van der Waals surface area contributed by atoms with Crippen molar-refractivity contribution in [2.75, 3.05) is 0 Å². The Morgan fingerprint density at radius 2 is 1.93 bits per heavy atom. The maximum atomic E-state index is 12.3. The SMILES string of the molecule is CC(C)C[C@@H](NC(Cc1ccccc1)C(N)=O)B1O[C@H]2CC3C[C@@H](C3(C)C)[C@]2(C)O1. The molecule has 1 saturated heterocycles. The van der Waals surface area contributed by atoms with E-state index in [4.69, 9.17) is 15.0 Å². The van der Waals surface area contributed by atoms with Crippen LogP contribution >= 0.6 is 0 Å². The topological polar surface area (TPSA) is 73.6 Å². The number of hydrogen-bond acceptors (Lipinski definition) is 4. The third kappa shape index (κ3) is 3.83. The van der Waals surface area contributed by atoms with Crippen LogP contribution in [0.25, 0.3) is 0 Å². The summed E-state index contributed by atoms with van der Waals surface area (Å²) in [6.07, 6.45) is 3.86. The summed E-state index contributed by atoms with van der Waals surface area (Å²) < 4.78 is 13.2. The largest absolute Gasteiger partial charge is 0.475 e. The molecule has 3 N–H and O–H groups in total. The smallest absolute Gasteiger partial charge is 0.404 e. The fraction of sp³-hybridized carbons (Fsp3) is 0.708. The van der Waals surface area contributed by atoms with E-state index in [0.29, 0.717) is 23.7 Å². The van der Waals surface area contributed by atoms with Crippen LogP contribution < -0.4 is 11.1 Å². The third-order valence-corrected chi connectivity index (χ3v) is 8.06. The summed E-state index contributed by atoms with van der Waals surface area (Å²) in [5.41, 5.74) is 6.94. The second-order valence-corrected chi connectivity index (χ2v) is 10.9. The maximum Gasteiger partial charge on any atom is 0.475 e. The molecule has 6 heteroatoms. The third-order valence-electron chi connectivity index (χ3n) is 8.06. The summed E-state index contributed by atoms with van der Waals surface area (Å²) in [4.78, 5) is 12.3. The Morgan fingerprint density at radius 3 is 2.53 bits per heavy atom. The predicted molar refractivity (Wildman–Crippen MR) is 120 cm³/mol. The second kappa shape index (κ2) is 7.96. The fourth-order valence-corrected chi connectivity index (χ4v) is 6.19. The number of benzene rings is 1. The van der Waals surface area contributed by atoms with Gasteiger partial charge in [0, 0.05) is 5.94 Å². The highest BCUT2D eigenvalue weighted by atomic mass is 16.7. The summed E-state index contributed by atoms with van der Waals surface area (Å²) >= 11 is 0. The summed E-state index contributed by atoms with van der Waals surface area (Å²) in [5.74, 6) is 1.28. The first-order valence-corrected chi connectivity index (χ1v) is 11.5. The van der Waals surface area contributed by atoms with Gasteiger partial charge in [0.25, 0.3) is 0 Å². The highest BCUT2D eigenvalue weighted by Crippen LogP contribution is 2.65. The van der Waals surface area contributed by atoms with Crippen molar-refractivity contribution in [3.63, 3.8) is 0 Å². The molecule has 0 radical (unpaired) electrons. The minimum Gasteiger partial charge on any atom is -0.404 e. The van der Waals surface area contributed by atoms with E-state index in [2.05, 4.69) is 39.9 Å². The maximum absolute atomic E-state index is 12.3. The van der Waals surface area contributed by atoms with Crippen molar-refractivity contribution in [3.05, 3.63) is 35.9 Å². The normalized spacial score (nSPS) is 33.7. The number of carbonyl (C=O) groups is 1. The number of primary amides is 1. The van der Waals surface area contributed by atoms with Crippen molar-refractivity contribution < 1.29 is 14.1 Å². The molecule has 1 heterocycles. The van der Waals surface area contributed by atoms with Gasteiger partial charge < -0.3 is 20.4 Å². The zero-order valence-electron chi connectivity index (χ0n) is 19.1. The Morgan fingerprint density at radius 1 is 1.23 bits per heavy atom. The molecule has 6 atom stereocenters. The zero-order valence-corrected chi connectivity index (χ0v) is 19.1. The predicted octanol–water partition coefficient (Wildman–Crippen LogP) is 3.35. The van der Waals surface area contributed by atoms with Gasteiger partial charge in [-0.15, -0.1) is 0 Å². The molecule has 3 aliphatic carbocycles. The van der Waals surface area contributed by atoms with Crippen LogP contribution in [0, 0.1) is 23.2 Å². The lowest BCUT2D eigenvalue weighted by Crippen LogP contribution is -2.65. The average Bonchev–Trinajstić information content (AvgIpc) is 3.04. The molecule has 5 rings (SSSR count). The molecule has 0 spiro atoms. The monoisotopic (exact) mass is 412 g/mol. The molecular formula is C24H37BN2O3. The van der Waals surface area contributed by atoms with Gasteiger partial charge in [-0.25, -0.2) is 0 Å². The van der Waals surface area contributed by atoms with Crippen LogP contribution in [-0.2, 0) is 20.5 Å². The Balaban J connectivity index is 1.51. The van der Waals surface area contributed by atoms with E-state index < -0.39 is 6.04 Å². The minimum atomic E-state index is -0.455. The minimum absolute atomic E-state index is 0.0750. The van der Waals surface area contributed by atoms with E-state index in [1.54, 1.807) is 0 Å². The first kappa shape index (κ1) is 21.9. The van der Waals surface area contributed by atoms with E-state index in [9.17, 15) is 4.79 Å². The van der Waals surface area contributed by atoms with Gasteiger partial charge in [0.2, 0.25) is 5.91 Å². The van der Waals surface area contributed by atoms with Gasteiger partial charge in [-0.1, -0.05) is 58.0 Å². The van der Waals surface area contributed by atoms with E-state index in [1.807, 2.05) is 30.3 Å². The number of nitrogens with one attached hydrogen (secondary N) is 1. The molecule has 3 saturated carbocycles. The first-order valence-electron chi connectivity index (χ1n) is 11.5. The van der Waals surface area contributed by atoms with Gasteiger partial charge >= 0.3 is 7.12 Å². The van der Waals surface area contributed by atoms with Gasteiger partial charge in [0.1, 0.15) is 0 Å². The molecule has 4 fully saturated rings.